The Balaban J connectivity index is 0.919. The van der Waals surface area contributed by atoms with Gasteiger partial charge in [-0.15, -0.1) is 0 Å². The van der Waals surface area contributed by atoms with E-state index < -0.39 is 41.5 Å². The molecule has 2 fully saturated rings. The lowest BCUT2D eigenvalue weighted by Gasteiger charge is -2.39. The number of hydrogen-bond acceptors (Lipinski definition) is 12. The minimum Gasteiger partial charge on any atom is -0.493 e. The largest absolute Gasteiger partial charge is 0.493 e. The molecule has 5 aromatic rings. The van der Waals surface area contributed by atoms with Crippen LogP contribution in [0.1, 0.15) is 73.9 Å². The van der Waals surface area contributed by atoms with Gasteiger partial charge in [-0.1, -0.05) is 43.2 Å². The molecular formula is C49H56ClN7O9S2. The van der Waals surface area contributed by atoms with E-state index in [4.69, 9.17) is 21.1 Å². The molecule has 0 unspecified atom stereocenters. The van der Waals surface area contributed by atoms with Crippen LogP contribution in [0.3, 0.4) is 0 Å². The number of nitro groups is 1. The van der Waals surface area contributed by atoms with Crippen molar-refractivity contribution in [3.63, 3.8) is 0 Å². The topological polar surface area (TPSA) is 197 Å². The number of aromatic amines is 1. The Bertz CT molecular complexity index is 3000. The maximum atomic E-state index is 14.1. The minimum absolute atomic E-state index is 0.0673. The lowest BCUT2D eigenvalue weighted by Crippen LogP contribution is -2.47. The van der Waals surface area contributed by atoms with Crippen LogP contribution in [-0.4, -0.2) is 106 Å². The Kier molecular flexibility index (Phi) is 13.4. The van der Waals surface area contributed by atoms with Gasteiger partial charge < -0.3 is 19.4 Å². The van der Waals surface area contributed by atoms with Crippen LogP contribution in [0.5, 0.6) is 17.2 Å². The molecule has 4 aliphatic rings. The number of amides is 1. The number of pyridine rings is 1. The predicted octanol–water partition coefficient (Wildman–Crippen LogP) is 8.43. The molecular weight excluding hydrogens is 930 g/mol. The van der Waals surface area contributed by atoms with E-state index in [1.807, 2.05) is 18.2 Å². The molecule has 2 aromatic heterocycles. The van der Waals surface area contributed by atoms with Crippen molar-refractivity contribution in [1.82, 2.24) is 23.9 Å². The van der Waals surface area contributed by atoms with E-state index in [1.54, 1.807) is 24.4 Å². The first-order valence-electron chi connectivity index (χ1n) is 23.0. The van der Waals surface area contributed by atoms with E-state index >= 15 is 0 Å². The van der Waals surface area contributed by atoms with Gasteiger partial charge >= 0.3 is 0 Å². The number of hydrogen-bond donors (Lipinski definition) is 2. The SMILES string of the molecule is CC1(C)CCC(CN2CCN(c3ccc(C(=O)NS(=O)(=O)c4cc5c(c([N+](=O)[O-])c4)C[C@@H](CC4CCN(S(C)(=O)=O)CC4)CO5)c(Oc4cnc5[nH]ccc5c4)c3)CC2)=C(c2ccc(Cl)cc2)C1. The number of piperazine rings is 1. The summed E-state index contributed by atoms with van der Waals surface area (Å²) in [6.07, 6.45) is 9.94. The van der Waals surface area contributed by atoms with Crippen molar-refractivity contribution in [2.75, 3.05) is 63.6 Å². The molecule has 0 spiro atoms. The van der Waals surface area contributed by atoms with Crippen molar-refractivity contribution in [2.45, 2.75) is 63.7 Å². The molecule has 19 heteroatoms. The average Bonchev–Trinajstić information content (AvgIpc) is 3.77. The van der Waals surface area contributed by atoms with Crippen molar-refractivity contribution >= 4 is 65.5 Å². The number of allylic oxidation sites excluding steroid dienone is 1. The summed E-state index contributed by atoms with van der Waals surface area (Å²) >= 11 is 6.25. The van der Waals surface area contributed by atoms with E-state index in [9.17, 15) is 31.7 Å². The zero-order chi connectivity index (χ0) is 48.0. The summed E-state index contributed by atoms with van der Waals surface area (Å²) in [7, 11) is -7.95. The zero-order valence-electron chi connectivity index (χ0n) is 38.4. The summed E-state index contributed by atoms with van der Waals surface area (Å²) in [4.78, 5) is 37.6. The first-order chi connectivity index (χ1) is 32.4. The monoisotopic (exact) mass is 985 g/mol. The van der Waals surface area contributed by atoms with Crippen LogP contribution in [0.25, 0.3) is 16.6 Å². The van der Waals surface area contributed by atoms with Gasteiger partial charge in [0.05, 0.1) is 40.0 Å². The maximum absolute atomic E-state index is 14.1. The summed E-state index contributed by atoms with van der Waals surface area (Å²) in [5, 5.41) is 13.9. The van der Waals surface area contributed by atoms with Crippen LogP contribution in [0.15, 0.2) is 89.6 Å². The van der Waals surface area contributed by atoms with E-state index in [1.165, 1.54) is 45.6 Å². The fourth-order valence-corrected chi connectivity index (χ4v) is 12.1. The highest BCUT2D eigenvalue weighted by molar-refractivity contribution is 7.90. The van der Waals surface area contributed by atoms with Crippen LogP contribution in [0.4, 0.5) is 11.4 Å². The lowest BCUT2D eigenvalue weighted by atomic mass is 9.72. The number of halogens is 1. The molecule has 2 saturated heterocycles. The smallest absolute Gasteiger partial charge is 0.277 e. The van der Waals surface area contributed by atoms with Gasteiger partial charge in [-0.3, -0.25) is 19.8 Å². The number of benzene rings is 3. The van der Waals surface area contributed by atoms with Gasteiger partial charge in [-0.25, -0.2) is 30.8 Å². The molecule has 68 heavy (non-hydrogen) atoms. The minimum atomic E-state index is -4.68. The number of sulfonamides is 2. The number of H-pyrrole nitrogens is 1. The molecule has 1 atom stereocenters. The maximum Gasteiger partial charge on any atom is 0.277 e. The number of anilines is 1. The van der Waals surface area contributed by atoms with Crippen LogP contribution in [-0.2, 0) is 26.5 Å². The molecule has 5 heterocycles. The molecule has 1 aliphatic carbocycles. The van der Waals surface area contributed by atoms with E-state index in [2.05, 4.69) is 50.5 Å². The Hall–Kier alpha value is -5.53. The third-order valence-electron chi connectivity index (χ3n) is 13.9. The van der Waals surface area contributed by atoms with Crippen molar-refractivity contribution in [3.05, 3.63) is 117 Å². The summed E-state index contributed by atoms with van der Waals surface area (Å²) < 4.78 is 67.9. The van der Waals surface area contributed by atoms with Crippen molar-refractivity contribution < 1.29 is 36.0 Å². The second-order valence-corrected chi connectivity index (χ2v) is 23.5. The van der Waals surface area contributed by atoms with Crippen molar-refractivity contribution in [1.29, 1.82) is 0 Å². The Morgan fingerprint density at radius 3 is 2.46 bits per heavy atom. The van der Waals surface area contributed by atoms with E-state index in [0.29, 0.717) is 56.8 Å². The molecule has 0 bridgehead atoms. The number of carbonyl (C=O) groups is 1. The number of nitrogens with zero attached hydrogens (tertiary/aromatic N) is 5. The summed E-state index contributed by atoms with van der Waals surface area (Å²) in [5.41, 5.74) is 5.51. The molecule has 3 aromatic carbocycles. The molecule has 2 N–H and O–H groups in total. The number of carbonyl (C=O) groups excluding carboxylic acids is 1. The van der Waals surface area contributed by atoms with Crippen molar-refractivity contribution in [2.24, 2.45) is 17.3 Å². The summed E-state index contributed by atoms with van der Waals surface area (Å²) in [5.74, 6) is -0.358. The number of nitro benzene ring substituents is 1. The van der Waals surface area contributed by atoms with Crippen LogP contribution >= 0.6 is 11.6 Å². The highest BCUT2D eigenvalue weighted by Crippen LogP contribution is 2.44. The second-order valence-electron chi connectivity index (χ2n) is 19.4. The molecule has 360 valence electrons. The van der Waals surface area contributed by atoms with Gasteiger partial charge in [0.15, 0.2) is 0 Å². The van der Waals surface area contributed by atoms with Crippen LogP contribution in [0, 0.1) is 27.4 Å². The number of aromatic nitrogens is 2. The number of nitrogens with one attached hydrogen (secondary N) is 2. The van der Waals surface area contributed by atoms with Crippen molar-refractivity contribution in [3.8, 4) is 17.2 Å². The van der Waals surface area contributed by atoms with E-state index in [-0.39, 0.29) is 52.9 Å². The summed E-state index contributed by atoms with van der Waals surface area (Å²) in [6, 6.07) is 19.0. The van der Waals surface area contributed by atoms with Crippen LogP contribution in [0.2, 0.25) is 5.02 Å². The molecule has 0 saturated carbocycles. The Labute approximate surface area is 401 Å². The van der Waals surface area contributed by atoms with E-state index in [0.717, 1.165) is 61.1 Å². The van der Waals surface area contributed by atoms with Gasteiger partial charge in [-0.2, -0.15) is 0 Å². The standard InChI is InChI=1S/C49H56ClN7O9S2/c1-49(2)14-10-36(43(28-49)34-4-6-37(50)7-5-34)30-54-18-20-55(21-19-54)38-8-9-41(46(25-38)66-39-24-35-11-15-51-47(35)52-29-39)48(58)53-68(63,64)40-26-44(57(59)60)42-23-33(31-65-45(42)27-40)22-32-12-16-56(17-13-32)67(3,61)62/h4-9,11,15,24-27,29,32-33H,10,12-14,16-23,28,30-31H2,1-3H3,(H,51,52)(H,53,58)/t33-/m1/s1. The molecule has 3 aliphatic heterocycles. The zero-order valence-corrected chi connectivity index (χ0v) is 40.8. The average molecular weight is 987 g/mol. The highest BCUT2D eigenvalue weighted by atomic mass is 35.5. The first kappa shape index (κ1) is 47.5. The number of rotatable bonds is 13. The van der Waals surface area contributed by atoms with Crippen LogP contribution < -0.4 is 19.1 Å². The molecule has 1 amide bonds. The Morgan fingerprint density at radius 2 is 1.74 bits per heavy atom. The summed E-state index contributed by atoms with van der Waals surface area (Å²) in [6.45, 7) is 9.58. The molecule has 9 rings (SSSR count). The first-order valence-corrected chi connectivity index (χ1v) is 26.7. The fourth-order valence-electron chi connectivity index (χ4n) is 10.1. The number of fused-ring (bicyclic) bond motifs is 2. The Morgan fingerprint density at radius 1 is 0.985 bits per heavy atom. The van der Waals surface area contributed by atoms with Gasteiger partial charge in [-0.05, 0) is 110 Å². The second kappa shape index (κ2) is 19.1. The third kappa shape index (κ3) is 10.7. The van der Waals surface area contributed by atoms with Gasteiger partial charge in [0.25, 0.3) is 21.6 Å². The lowest BCUT2D eigenvalue weighted by molar-refractivity contribution is -0.386. The third-order valence-corrected chi connectivity index (χ3v) is 16.8. The predicted molar refractivity (Wildman–Crippen MR) is 261 cm³/mol. The molecule has 0 radical (unpaired) electrons. The fraction of sp³-hybridized carbons (Fsp3) is 0.429. The highest BCUT2D eigenvalue weighted by Gasteiger charge is 2.35. The van der Waals surface area contributed by atoms with Gasteiger partial charge in [0, 0.05) is 86.3 Å². The quantitative estimate of drug-likeness (QED) is 0.0845. The normalized spacial score (nSPS) is 19.6. The number of ether oxygens (including phenoxy) is 2. The molecule has 16 nitrogen and oxygen atoms in total. The van der Waals surface area contributed by atoms with Gasteiger partial charge in [0.2, 0.25) is 10.0 Å². The van der Waals surface area contributed by atoms with Gasteiger partial charge in [0.1, 0.15) is 22.9 Å². The number of piperidine rings is 1.